The van der Waals surface area contributed by atoms with E-state index in [0.29, 0.717) is 23.9 Å². The number of hydrogen-bond donors (Lipinski definition) is 2. The maximum Gasteiger partial charge on any atom is 0.228 e. The summed E-state index contributed by atoms with van der Waals surface area (Å²) in [6, 6.07) is 17.1. The summed E-state index contributed by atoms with van der Waals surface area (Å²) >= 11 is 0. The zero-order chi connectivity index (χ0) is 23.4. The van der Waals surface area contributed by atoms with E-state index in [1.807, 2.05) is 68.4 Å². The van der Waals surface area contributed by atoms with Gasteiger partial charge in [-0.15, -0.1) is 0 Å². The van der Waals surface area contributed by atoms with Gasteiger partial charge in [0.1, 0.15) is 11.6 Å². The summed E-state index contributed by atoms with van der Waals surface area (Å²) in [5.74, 6) is 2.66. The number of carbonyl (C=O) groups excluding carboxylic acids is 1. The van der Waals surface area contributed by atoms with Crippen molar-refractivity contribution in [2.45, 2.75) is 20.3 Å². The molecule has 170 valence electrons. The van der Waals surface area contributed by atoms with Crippen LogP contribution in [0.3, 0.4) is 0 Å². The third kappa shape index (κ3) is 4.92. The number of ether oxygens (including phenoxy) is 3. The Morgan fingerprint density at radius 1 is 1.00 bits per heavy atom. The number of aromatic amines is 1. The number of aryl methyl sites for hydroxylation is 1. The molecule has 0 fully saturated rings. The van der Waals surface area contributed by atoms with Gasteiger partial charge in [-0.3, -0.25) is 4.79 Å². The monoisotopic (exact) mass is 445 g/mol. The van der Waals surface area contributed by atoms with Gasteiger partial charge < -0.3 is 24.5 Å². The van der Waals surface area contributed by atoms with Crippen LogP contribution in [0.2, 0.25) is 0 Å². The first kappa shape index (κ1) is 22.2. The number of imidazole rings is 1. The molecule has 33 heavy (non-hydrogen) atoms. The first-order valence-electron chi connectivity index (χ1n) is 10.7. The zero-order valence-electron chi connectivity index (χ0n) is 19.2. The average molecular weight is 446 g/mol. The second kappa shape index (κ2) is 9.65. The minimum Gasteiger partial charge on any atom is -0.494 e. The van der Waals surface area contributed by atoms with Crippen molar-refractivity contribution in [1.82, 2.24) is 9.97 Å². The molecule has 1 aromatic heterocycles. The lowest BCUT2D eigenvalue weighted by Gasteiger charge is -2.10. The molecule has 0 saturated heterocycles. The molecule has 7 nitrogen and oxygen atoms in total. The Morgan fingerprint density at radius 3 is 2.42 bits per heavy atom. The summed E-state index contributed by atoms with van der Waals surface area (Å²) < 4.78 is 16.2. The number of amides is 1. The lowest BCUT2D eigenvalue weighted by Crippen LogP contribution is -2.15. The Hall–Kier alpha value is -4.00. The molecule has 0 aliphatic heterocycles. The second-order valence-corrected chi connectivity index (χ2v) is 7.64. The smallest absolute Gasteiger partial charge is 0.228 e. The Balaban J connectivity index is 1.54. The highest BCUT2D eigenvalue weighted by Gasteiger charge is 2.13. The van der Waals surface area contributed by atoms with Crippen molar-refractivity contribution in [3.63, 3.8) is 0 Å². The fourth-order valence-corrected chi connectivity index (χ4v) is 3.63. The van der Waals surface area contributed by atoms with Crippen LogP contribution in [0, 0.1) is 6.92 Å². The van der Waals surface area contributed by atoms with E-state index in [1.165, 1.54) is 0 Å². The number of methoxy groups -OCH3 is 2. The van der Waals surface area contributed by atoms with Gasteiger partial charge >= 0.3 is 0 Å². The topological polar surface area (TPSA) is 85.5 Å². The minimum atomic E-state index is -0.0847. The predicted octanol–water partition coefficient (Wildman–Crippen LogP) is 5.14. The third-order valence-electron chi connectivity index (χ3n) is 5.37. The fraction of sp³-hybridized carbons (Fsp3) is 0.231. The molecule has 3 aromatic carbocycles. The molecule has 0 spiro atoms. The number of nitrogens with one attached hydrogen (secondary N) is 2. The molecule has 0 radical (unpaired) electrons. The molecule has 0 saturated carbocycles. The molecule has 2 N–H and O–H groups in total. The maximum absolute atomic E-state index is 12.7. The molecular weight excluding hydrogens is 418 g/mol. The van der Waals surface area contributed by atoms with Gasteiger partial charge in [-0.05, 0) is 43.2 Å². The van der Waals surface area contributed by atoms with Gasteiger partial charge in [0.2, 0.25) is 5.91 Å². The van der Waals surface area contributed by atoms with E-state index in [0.717, 1.165) is 39.2 Å². The van der Waals surface area contributed by atoms with Crippen molar-refractivity contribution in [3.8, 4) is 28.6 Å². The number of anilines is 1. The second-order valence-electron chi connectivity index (χ2n) is 7.64. The number of rotatable bonds is 8. The summed E-state index contributed by atoms with van der Waals surface area (Å²) in [7, 11) is 3.20. The number of H-pyrrole nitrogens is 1. The summed E-state index contributed by atoms with van der Waals surface area (Å²) in [4.78, 5) is 20.7. The van der Waals surface area contributed by atoms with Gasteiger partial charge in [0.25, 0.3) is 0 Å². The van der Waals surface area contributed by atoms with E-state index in [2.05, 4.69) is 10.3 Å². The fourth-order valence-electron chi connectivity index (χ4n) is 3.63. The van der Waals surface area contributed by atoms with Gasteiger partial charge in [0, 0.05) is 23.4 Å². The molecule has 0 bridgehead atoms. The molecule has 0 aliphatic carbocycles. The van der Waals surface area contributed by atoms with Gasteiger partial charge in [-0.25, -0.2) is 4.98 Å². The molecule has 4 aromatic rings. The molecule has 4 rings (SSSR count). The van der Waals surface area contributed by atoms with E-state index >= 15 is 0 Å². The van der Waals surface area contributed by atoms with Crippen molar-refractivity contribution in [3.05, 3.63) is 65.7 Å². The van der Waals surface area contributed by atoms with Gasteiger partial charge in [0.15, 0.2) is 11.5 Å². The highest BCUT2D eigenvalue weighted by molar-refractivity contribution is 5.94. The predicted molar refractivity (Wildman–Crippen MR) is 129 cm³/mol. The van der Waals surface area contributed by atoms with E-state index in [9.17, 15) is 4.79 Å². The Bertz CT molecular complexity index is 1240. The van der Waals surface area contributed by atoms with E-state index in [1.54, 1.807) is 14.2 Å². The molecule has 7 heteroatoms. The van der Waals surface area contributed by atoms with Gasteiger partial charge in [0.05, 0.1) is 38.3 Å². The zero-order valence-corrected chi connectivity index (χ0v) is 19.2. The third-order valence-corrected chi connectivity index (χ3v) is 5.37. The number of fused-ring (bicyclic) bond motifs is 1. The Labute approximate surface area is 192 Å². The molecule has 0 aliphatic rings. The first-order chi connectivity index (χ1) is 16.0. The van der Waals surface area contributed by atoms with Crippen molar-refractivity contribution in [1.29, 1.82) is 0 Å². The number of carbonyl (C=O) groups is 1. The lowest BCUT2D eigenvalue weighted by atomic mass is 10.1. The Morgan fingerprint density at radius 2 is 1.73 bits per heavy atom. The van der Waals surface area contributed by atoms with Gasteiger partial charge in [-0.1, -0.05) is 24.3 Å². The van der Waals surface area contributed by atoms with Crippen LogP contribution in [0.4, 0.5) is 5.69 Å². The van der Waals surface area contributed by atoms with Crippen molar-refractivity contribution in [2.75, 3.05) is 26.1 Å². The SMILES string of the molecule is CCOc1ccc(CC(=O)Nc2cc(-c3nc4cc(OC)c(OC)cc4[nH]3)ccc2C)cc1. The summed E-state index contributed by atoms with van der Waals surface area (Å²) in [5, 5.41) is 3.03. The molecule has 0 atom stereocenters. The van der Waals surface area contributed by atoms with Gasteiger partial charge in [-0.2, -0.15) is 0 Å². The number of benzene rings is 3. The largest absolute Gasteiger partial charge is 0.494 e. The highest BCUT2D eigenvalue weighted by atomic mass is 16.5. The summed E-state index contributed by atoms with van der Waals surface area (Å²) in [6.45, 7) is 4.52. The van der Waals surface area contributed by atoms with Crippen molar-refractivity contribution in [2.24, 2.45) is 0 Å². The maximum atomic E-state index is 12.7. The van der Waals surface area contributed by atoms with Crippen LogP contribution < -0.4 is 19.5 Å². The van der Waals surface area contributed by atoms with Crippen LogP contribution in [0.5, 0.6) is 17.2 Å². The minimum absolute atomic E-state index is 0.0847. The average Bonchev–Trinajstić information content (AvgIpc) is 3.24. The van der Waals surface area contributed by atoms with Crippen LogP contribution >= 0.6 is 0 Å². The summed E-state index contributed by atoms with van der Waals surface area (Å²) in [5.41, 5.74) is 5.11. The van der Waals surface area contributed by atoms with E-state index in [-0.39, 0.29) is 12.3 Å². The van der Waals surface area contributed by atoms with E-state index in [4.69, 9.17) is 19.2 Å². The number of hydrogen-bond acceptors (Lipinski definition) is 5. The van der Waals surface area contributed by atoms with Crippen LogP contribution in [0.25, 0.3) is 22.4 Å². The molecular formula is C26H27N3O4. The molecule has 1 amide bonds. The highest BCUT2D eigenvalue weighted by Crippen LogP contribution is 2.33. The van der Waals surface area contributed by atoms with Crippen molar-refractivity contribution >= 4 is 22.6 Å². The standard InChI is InChI=1S/C26H27N3O4/c1-5-33-19-10-7-17(8-11-19)12-25(30)27-20-13-18(9-6-16(20)2)26-28-21-14-23(31-3)24(32-4)15-22(21)29-26/h6-11,13-15H,5,12H2,1-4H3,(H,27,30)(H,28,29). The van der Waals surface area contributed by atoms with Crippen LogP contribution in [-0.2, 0) is 11.2 Å². The number of aromatic nitrogens is 2. The Kier molecular flexibility index (Phi) is 6.49. The van der Waals surface area contributed by atoms with Crippen LogP contribution in [0.1, 0.15) is 18.1 Å². The number of nitrogens with zero attached hydrogens (tertiary/aromatic N) is 1. The van der Waals surface area contributed by atoms with Crippen LogP contribution in [-0.4, -0.2) is 36.7 Å². The molecule has 1 heterocycles. The quantitative estimate of drug-likeness (QED) is 0.392. The summed E-state index contributed by atoms with van der Waals surface area (Å²) in [6.07, 6.45) is 0.278. The van der Waals surface area contributed by atoms with Crippen LogP contribution in [0.15, 0.2) is 54.6 Å². The molecule has 0 unspecified atom stereocenters. The normalized spacial score (nSPS) is 10.8. The first-order valence-corrected chi connectivity index (χ1v) is 10.7. The lowest BCUT2D eigenvalue weighted by molar-refractivity contribution is -0.115. The van der Waals surface area contributed by atoms with Crippen molar-refractivity contribution < 1.29 is 19.0 Å². The van der Waals surface area contributed by atoms with E-state index < -0.39 is 0 Å².